The van der Waals surface area contributed by atoms with Crippen LogP contribution in [0.2, 0.25) is 0 Å². The molecule has 12 atom stereocenters. The van der Waals surface area contributed by atoms with Crippen LogP contribution in [0.5, 0.6) is 5.75 Å². The van der Waals surface area contributed by atoms with E-state index >= 15 is 9.59 Å². The number of guanidine groups is 3. The summed E-state index contributed by atoms with van der Waals surface area (Å²) in [4.78, 5) is 200. The van der Waals surface area contributed by atoms with Crippen LogP contribution in [0.25, 0.3) is 0 Å². The Morgan fingerprint density at radius 3 is 1.63 bits per heavy atom. The molecule has 2 aromatic rings. The number of hydrogen-bond acceptors (Lipinski definition) is 21. The molecule has 1 unspecified atom stereocenters. The molecule has 604 valence electrons. The number of rotatable bonds is 33. The van der Waals surface area contributed by atoms with E-state index < -0.39 is 162 Å². The van der Waals surface area contributed by atoms with Gasteiger partial charge < -0.3 is 120 Å². The van der Waals surface area contributed by atoms with Crippen molar-refractivity contribution in [3.8, 4) is 5.75 Å². The Bertz CT molecular complexity index is 3460. The Morgan fingerprint density at radius 2 is 1.07 bits per heavy atom. The number of carbonyl (C=O) groups is 13. The Hall–Kier alpha value is -10.2. The average Bonchev–Trinajstić information content (AvgIpc) is 1.78. The van der Waals surface area contributed by atoms with Gasteiger partial charge in [-0.05, 0) is 125 Å². The lowest BCUT2D eigenvalue weighted by molar-refractivity contribution is -0.143. The molecule has 2 aromatic carbocycles. The highest BCUT2D eigenvalue weighted by Gasteiger charge is 2.42. The summed E-state index contributed by atoms with van der Waals surface area (Å²) in [5.74, 6) is -13.4. The zero-order chi connectivity index (χ0) is 80.7. The van der Waals surface area contributed by atoms with E-state index in [1.807, 2.05) is 0 Å². The zero-order valence-corrected chi connectivity index (χ0v) is 63.9. The van der Waals surface area contributed by atoms with Crippen LogP contribution in [0, 0.1) is 11.8 Å². The zero-order valence-electron chi connectivity index (χ0n) is 62.2. The minimum Gasteiger partial charge on any atom is -0.508 e. The third-order valence-corrected chi connectivity index (χ3v) is 20.1. The minimum absolute atomic E-state index is 0.0130. The van der Waals surface area contributed by atoms with Crippen molar-refractivity contribution in [3.05, 3.63) is 65.7 Å². The van der Waals surface area contributed by atoms with Crippen LogP contribution in [-0.2, 0) is 75.2 Å². The first-order chi connectivity index (χ1) is 51.8. The van der Waals surface area contributed by atoms with E-state index in [1.165, 1.54) is 17.0 Å². The summed E-state index contributed by atoms with van der Waals surface area (Å²) in [6, 6.07) is -0.875. The van der Waals surface area contributed by atoms with Gasteiger partial charge in [0.2, 0.25) is 76.8 Å². The molecule has 109 heavy (non-hydrogen) atoms. The van der Waals surface area contributed by atoms with Crippen molar-refractivity contribution >= 4 is 116 Å². The summed E-state index contributed by atoms with van der Waals surface area (Å²) in [5, 5.41) is 38.9. The Labute approximate surface area is 641 Å². The number of nitrogens with one attached hydrogen (secondary N) is 11. The van der Waals surface area contributed by atoms with Crippen molar-refractivity contribution in [1.82, 2.24) is 63.4 Å². The van der Waals surface area contributed by atoms with Crippen LogP contribution in [-0.4, -0.2) is 228 Å². The molecule has 2 aliphatic rings. The number of primary amides is 1. The van der Waals surface area contributed by atoms with E-state index in [0.717, 1.165) is 21.6 Å². The second-order valence-corrected chi connectivity index (χ2v) is 29.6. The SMILES string of the molecule is CC[C@H](C)[C@@H]1NC(=O)[C@H](CCCN=C(N)N)NC(=O)[C@H](CCCN=C(N)N)NC(=O)[C@@H](NC(=O)[C@H](Cc2ccccc2)NC(=O)CNC(=O)CNC(=O)[C@@H](N)Cc2ccc(O)cc2)CSSCC(C(N)=O)NC(=O)[C@H](CC(C)C)NC(=O)[C@H](CCCCN)NC(=O)[C@H]2CCCN2C(=O)[C@H](CCCN=C(N)N)NC1=O. The molecule has 4 rings (SSSR count). The predicted molar refractivity (Wildman–Crippen MR) is 414 cm³/mol. The van der Waals surface area contributed by atoms with Gasteiger partial charge >= 0.3 is 0 Å². The van der Waals surface area contributed by atoms with Gasteiger partial charge in [0.05, 0.1) is 19.1 Å². The third-order valence-electron chi connectivity index (χ3n) is 17.6. The van der Waals surface area contributed by atoms with Gasteiger partial charge in [0.15, 0.2) is 17.9 Å². The molecule has 2 heterocycles. The Morgan fingerprint density at radius 1 is 0.569 bits per heavy atom. The molecular weight excluding hydrogens is 1450 g/mol. The number of phenols is 1. The number of nitrogens with two attached hydrogens (primary N) is 9. The molecule has 2 fully saturated rings. The van der Waals surface area contributed by atoms with Crippen LogP contribution in [0.15, 0.2) is 69.6 Å². The highest BCUT2D eigenvalue weighted by Crippen LogP contribution is 2.25. The second kappa shape index (κ2) is 48.2. The largest absolute Gasteiger partial charge is 0.508 e. The van der Waals surface area contributed by atoms with Gasteiger partial charge in [0.25, 0.3) is 0 Å². The topological polar surface area (TPSA) is 649 Å². The van der Waals surface area contributed by atoms with E-state index in [9.17, 15) is 57.8 Å². The molecule has 0 aliphatic carbocycles. The van der Waals surface area contributed by atoms with Gasteiger partial charge in [0, 0.05) is 44.1 Å². The van der Waals surface area contributed by atoms with E-state index in [4.69, 9.17) is 51.6 Å². The minimum atomic E-state index is -1.65. The number of amides is 13. The van der Waals surface area contributed by atoms with Crippen molar-refractivity contribution in [2.24, 2.45) is 78.4 Å². The molecule has 0 bridgehead atoms. The number of benzene rings is 2. The molecule has 40 heteroatoms. The molecule has 13 amide bonds. The fourth-order valence-corrected chi connectivity index (χ4v) is 13.9. The number of nitrogens with zero attached hydrogens (tertiary/aromatic N) is 4. The molecular formula is C69H112N24O14S2. The molecule has 0 spiro atoms. The van der Waals surface area contributed by atoms with Crippen molar-refractivity contribution in [3.63, 3.8) is 0 Å². The normalized spacial score (nSPS) is 21.8. The smallest absolute Gasteiger partial charge is 0.245 e. The van der Waals surface area contributed by atoms with E-state index in [-0.39, 0.29) is 151 Å². The van der Waals surface area contributed by atoms with Crippen molar-refractivity contribution < 1.29 is 67.4 Å². The van der Waals surface area contributed by atoms with Gasteiger partial charge in [0.1, 0.15) is 66.2 Å². The fourth-order valence-electron chi connectivity index (χ4n) is 11.6. The lowest BCUT2D eigenvalue weighted by Gasteiger charge is -2.32. The fraction of sp³-hybridized carbons (Fsp3) is 0.594. The van der Waals surface area contributed by atoms with Crippen molar-refractivity contribution in [2.45, 2.75) is 190 Å². The van der Waals surface area contributed by atoms with Crippen LogP contribution in [0.3, 0.4) is 0 Å². The highest BCUT2D eigenvalue weighted by molar-refractivity contribution is 8.76. The number of hydrogen-bond donors (Lipinski definition) is 21. The summed E-state index contributed by atoms with van der Waals surface area (Å²) >= 11 is 0. The molecule has 0 saturated carbocycles. The maximum Gasteiger partial charge on any atom is 0.245 e. The number of fused-ring (bicyclic) bond motifs is 1. The van der Waals surface area contributed by atoms with Crippen LogP contribution >= 0.6 is 21.6 Å². The standard InChI is InChI=1S/C69H112N24O14S2/c1-5-39(4)55-65(106)88-47(20-13-29-81-69(77)78)66(107)93-30-14-21-52(93)64(105)87-44(17-9-10-26-70)59(100)89-48(31-38(2)3)61(102)90-50(56(72)97)36-108-109-37-51(63(104)86-45(18-11-27-79-67(73)74)58(99)85-46(60(101)92-55)19-12-28-80-68(75)76)91-62(103)49(33-40-15-7-6-8-16-40)84-54(96)35-82-53(95)34-83-57(98)43(71)32-41-22-24-42(94)25-23-41/h6-8,15-16,22-25,38-39,43-52,55,94H,5,9-14,17-21,26-37,70-71H2,1-4H3,(H2,72,97)(H,82,95)(H,83,98)(H,84,96)(H,85,99)(H,86,104)(H,87,105)(H,88,106)(H,89,100)(H,90,102)(H,91,103)(H,92,101)(H4,73,74,79)(H4,75,76,80)(H4,77,78,81)/t39-,43-,44-,45-,46-,47-,48-,49-,50?,51-,52+,55-/m0/s1. The lowest BCUT2D eigenvalue weighted by Crippen LogP contribution is -2.61. The molecule has 0 aromatic heterocycles. The summed E-state index contributed by atoms with van der Waals surface area (Å²) < 4.78 is 0. The summed E-state index contributed by atoms with van der Waals surface area (Å²) in [5.41, 5.74) is 52.9. The number of carbonyl (C=O) groups excluding carboxylic acids is 13. The summed E-state index contributed by atoms with van der Waals surface area (Å²) in [7, 11) is 1.83. The van der Waals surface area contributed by atoms with E-state index in [1.54, 1.807) is 70.2 Å². The van der Waals surface area contributed by atoms with Crippen LogP contribution in [0.1, 0.15) is 122 Å². The van der Waals surface area contributed by atoms with Gasteiger partial charge in [-0.2, -0.15) is 0 Å². The molecule has 2 saturated heterocycles. The maximum atomic E-state index is 15.1. The van der Waals surface area contributed by atoms with Crippen LogP contribution in [0.4, 0.5) is 0 Å². The predicted octanol–water partition coefficient (Wildman–Crippen LogP) is -5.65. The lowest BCUT2D eigenvalue weighted by atomic mass is 9.96. The summed E-state index contributed by atoms with van der Waals surface area (Å²) in [6.45, 7) is 5.90. The Kier molecular flexibility index (Phi) is 40.4. The Balaban J connectivity index is 1.85. The summed E-state index contributed by atoms with van der Waals surface area (Å²) in [6.07, 6.45) is 1.25. The first-order valence-electron chi connectivity index (χ1n) is 36.3. The number of aromatic hydroxyl groups is 1. The quantitative estimate of drug-likeness (QED) is 0.0137. The van der Waals surface area contributed by atoms with Crippen molar-refractivity contribution in [1.29, 1.82) is 0 Å². The molecule has 2 aliphatic heterocycles. The second-order valence-electron chi connectivity index (χ2n) is 27.0. The van der Waals surface area contributed by atoms with Gasteiger partial charge in [-0.1, -0.05) is 98.2 Å². The maximum absolute atomic E-state index is 15.1. The average molecular weight is 1570 g/mol. The highest BCUT2D eigenvalue weighted by atomic mass is 33.1. The third kappa shape index (κ3) is 33.9. The van der Waals surface area contributed by atoms with Gasteiger partial charge in [-0.15, -0.1) is 0 Å². The first kappa shape index (κ1) is 91.2. The molecule has 0 radical (unpaired) electrons. The number of unbranched alkanes of at least 4 members (excludes halogenated alkanes) is 1. The molecule has 38 nitrogen and oxygen atoms in total. The van der Waals surface area contributed by atoms with Crippen LogP contribution < -0.4 is 110 Å². The van der Waals surface area contributed by atoms with Crippen molar-refractivity contribution in [2.75, 3.05) is 57.3 Å². The number of phenolic OH excluding ortho intramolecular Hbond substituents is 1. The van der Waals surface area contributed by atoms with Gasteiger partial charge in [-0.25, -0.2) is 0 Å². The van der Waals surface area contributed by atoms with E-state index in [0.29, 0.717) is 30.4 Å². The molecule has 30 N–H and O–H groups in total. The first-order valence-corrected chi connectivity index (χ1v) is 38.8. The monoisotopic (exact) mass is 1560 g/mol. The van der Waals surface area contributed by atoms with Gasteiger partial charge in [-0.3, -0.25) is 77.3 Å². The number of aliphatic imine (C=N–C) groups is 3. The van der Waals surface area contributed by atoms with E-state index in [2.05, 4.69) is 73.5 Å².